The van der Waals surface area contributed by atoms with E-state index < -0.39 is 5.82 Å². The van der Waals surface area contributed by atoms with Gasteiger partial charge >= 0.3 is 0 Å². The van der Waals surface area contributed by atoms with E-state index >= 15 is 0 Å². The van der Waals surface area contributed by atoms with Crippen LogP contribution >= 0.6 is 0 Å². The van der Waals surface area contributed by atoms with E-state index in [0.717, 1.165) is 11.1 Å². The third-order valence-electron chi connectivity index (χ3n) is 3.16. The number of hydrogen-bond acceptors (Lipinski definition) is 2. The zero-order chi connectivity index (χ0) is 14.5. The number of rotatable bonds is 4. The van der Waals surface area contributed by atoms with Crippen molar-refractivity contribution >= 4 is 5.91 Å². The molecule has 0 aliphatic carbocycles. The van der Waals surface area contributed by atoms with Crippen molar-refractivity contribution in [2.24, 2.45) is 5.73 Å². The Morgan fingerprint density at radius 3 is 2.50 bits per heavy atom. The first-order chi connectivity index (χ1) is 9.61. The highest BCUT2D eigenvalue weighted by Gasteiger charge is 2.13. The first-order valence-electron chi connectivity index (χ1n) is 6.39. The predicted molar refractivity (Wildman–Crippen MR) is 76.5 cm³/mol. The lowest BCUT2D eigenvalue weighted by molar-refractivity contribution is 0.0784. The van der Waals surface area contributed by atoms with Gasteiger partial charge in [-0.15, -0.1) is 0 Å². The highest BCUT2D eigenvalue weighted by atomic mass is 19.1. The minimum atomic E-state index is -0.411. The maximum Gasteiger partial charge on any atom is 0.253 e. The number of amides is 1. The molecular weight excluding hydrogens is 255 g/mol. The van der Waals surface area contributed by atoms with Crippen molar-refractivity contribution in [2.45, 2.75) is 13.1 Å². The second-order valence-corrected chi connectivity index (χ2v) is 4.64. The fraction of sp³-hybridized carbons (Fsp3) is 0.188. The van der Waals surface area contributed by atoms with Crippen LogP contribution in [0.3, 0.4) is 0 Å². The standard InChI is InChI=1S/C16H17FN2O/c1-19(11-14-6-3-2-5-13(14)10-18)16(20)12-7-4-8-15(17)9-12/h2-9H,10-11,18H2,1H3. The summed E-state index contributed by atoms with van der Waals surface area (Å²) in [5.41, 5.74) is 8.03. The topological polar surface area (TPSA) is 46.3 Å². The van der Waals surface area contributed by atoms with E-state index in [-0.39, 0.29) is 5.91 Å². The van der Waals surface area contributed by atoms with Crippen molar-refractivity contribution in [3.8, 4) is 0 Å². The van der Waals surface area contributed by atoms with Gasteiger partial charge in [0, 0.05) is 25.7 Å². The van der Waals surface area contributed by atoms with Crippen molar-refractivity contribution < 1.29 is 9.18 Å². The van der Waals surface area contributed by atoms with Crippen molar-refractivity contribution in [1.29, 1.82) is 0 Å². The zero-order valence-electron chi connectivity index (χ0n) is 11.3. The molecule has 4 heteroatoms. The molecular formula is C16H17FN2O. The van der Waals surface area contributed by atoms with E-state index in [2.05, 4.69) is 0 Å². The average molecular weight is 272 g/mol. The molecule has 2 rings (SSSR count). The summed E-state index contributed by atoms with van der Waals surface area (Å²) in [5.74, 6) is -0.622. The number of carbonyl (C=O) groups excluding carboxylic acids is 1. The van der Waals surface area contributed by atoms with Gasteiger partial charge in [0.2, 0.25) is 0 Å². The molecule has 2 aromatic carbocycles. The minimum Gasteiger partial charge on any atom is -0.337 e. The van der Waals surface area contributed by atoms with Gasteiger partial charge in [-0.2, -0.15) is 0 Å². The highest BCUT2D eigenvalue weighted by molar-refractivity contribution is 5.94. The summed E-state index contributed by atoms with van der Waals surface area (Å²) in [6, 6.07) is 13.4. The van der Waals surface area contributed by atoms with Crippen LogP contribution in [0.2, 0.25) is 0 Å². The lowest BCUT2D eigenvalue weighted by atomic mass is 10.1. The van der Waals surface area contributed by atoms with Crippen molar-refractivity contribution in [1.82, 2.24) is 4.90 Å². The lowest BCUT2D eigenvalue weighted by Crippen LogP contribution is -2.27. The molecule has 0 radical (unpaired) electrons. The number of hydrogen-bond donors (Lipinski definition) is 1. The molecule has 0 heterocycles. The normalized spacial score (nSPS) is 10.3. The van der Waals surface area contributed by atoms with Crippen LogP contribution in [-0.4, -0.2) is 17.9 Å². The molecule has 0 unspecified atom stereocenters. The SMILES string of the molecule is CN(Cc1ccccc1CN)C(=O)c1cccc(F)c1. The summed E-state index contributed by atoms with van der Waals surface area (Å²) in [5, 5.41) is 0. The molecule has 0 aliphatic heterocycles. The van der Waals surface area contributed by atoms with Gasteiger partial charge < -0.3 is 10.6 Å². The van der Waals surface area contributed by atoms with E-state index in [4.69, 9.17) is 5.73 Å². The number of carbonyl (C=O) groups is 1. The molecule has 3 nitrogen and oxygen atoms in total. The number of nitrogens with two attached hydrogens (primary N) is 1. The largest absolute Gasteiger partial charge is 0.337 e. The number of benzene rings is 2. The molecule has 0 saturated heterocycles. The van der Waals surface area contributed by atoms with E-state index in [1.54, 1.807) is 18.0 Å². The van der Waals surface area contributed by atoms with Gasteiger partial charge in [-0.05, 0) is 29.3 Å². The molecule has 104 valence electrons. The Hall–Kier alpha value is -2.20. The van der Waals surface area contributed by atoms with Crippen LogP contribution in [-0.2, 0) is 13.1 Å². The summed E-state index contributed by atoms with van der Waals surface area (Å²) in [6.45, 7) is 0.876. The minimum absolute atomic E-state index is 0.212. The molecule has 0 saturated carbocycles. The summed E-state index contributed by atoms with van der Waals surface area (Å²) in [4.78, 5) is 13.8. The number of halogens is 1. The Balaban J connectivity index is 2.15. The van der Waals surface area contributed by atoms with Crippen LogP contribution in [0.4, 0.5) is 4.39 Å². The lowest BCUT2D eigenvalue weighted by Gasteiger charge is -2.19. The van der Waals surface area contributed by atoms with Crippen LogP contribution in [0.5, 0.6) is 0 Å². The first kappa shape index (κ1) is 14.2. The van der Waals surface area contributed by atoms with Crippen LogP contribution in [0.15, 0.2) is 48.5 Å². The van der Waals surface area contributed by atoms with Crippen molar-refractivity contribution in [3.63, 3.8) is 0 Å². The van der Waals surface area contributed by atoms with E-state index in [0.29, 0.717) is 18.7 Å². The molecule has 2 N–H and O–H groups in total. The maximum absolute atomic E-state index is 13.1. The Bertz CT molecular complexity index is 613. The summed E-state index contributed by atoms with van der Waals surface area (Å²) in [6.07, 6.45) is 0. The Kier molecular flexibility index (Phi) is 4.48. The molecule has 0 aromatic heterocycles. The van der Waals surface area contributed by atoms with E-state index in [1.807, 2.05) is 24.3 Å². The van der Waals surface area contributed by atoms with Gasteiger partial charge in [-0.1, -0.05) is 30.3 Å². The van der Waals surface area contributed by atoms with Gasteiger partial charge in [-0.25, -0.2) is 4.39 Å². The quantitative estimate of drug-likeness (QED) is 0.929. The van der Waals surface area contributed by atoms with Crippen molar-refractivity contribution in [3.05, 3.63) is 71.0 Å². The Labute approximate surface area is 117 Å². The van der Waals surface area contributed by atoms with Crippen LogP contribution in [0, 0.1) is 5.82 Å². The average Bonchev–Trinajstić information content (AvgIpc) is 2.47. The fourth-order valence-corrected chi connectivity index (χ4v) is 2.08. The summed E-state index contributed by atoms with van der Waals surface area (Å²) < 4.78 is 13.1. The van der Waals surface area contributed by atoms with Crippen LogP contribution < -0.4 is 5.73 Å². The zero-order valence-corrected chi connectivity index (χ0v) is 11.3. The molecule has 0 aliphatic rings. The monoisotopic (exact) mass is 272 g/mol. The fourth-order valence-electron chi connectivity index (χ4n) is 2.08. The van der Waals surface area contributed by atoms with Crippen LogP contribution in [0.25, 0.3) is 0 Å². The molecule has 0 fully saturated rings. The van der Waals surface area contributed by atoms with Gasteiger partial charge in [0.1, 0.15) is 5.82 Å². The second kappa shape index (κ2) is 6.30. The molecule has 0 bridgehead atoms. The molecule has 20 heavy (non-hydrogen) atoms. The van der Waals surface area contributed by atoms with E-state index in [1.165, 1.54) is 18.2 Å². The highest BCUT2D eigenvalue weighted by Crippen LogP contribution is 2.13. The molecule has 1 amide bonds. The third-order valence-corrected chi connectivity index (χ3v) is 3.16. The third kappa shape index (κ3) is 3.22. The van der Waals surface area contributed by atoms with Gasteiger partial charge in [0.25, 0.3) is 5.91 Å². The Morgan fingerprint density at radius 2 is 1.85 bits per heavy atom. The summed E-state index contributed by atoms with van der Waals surface area (Å²) >= 11 is 0. The van der Waals surface area contributed by atoms with Gasteiger partial charge in [-0.3, -0.25) is 4.79 Å². The van der Waals surface area contributed by atoms with Gasteiger partial charge in [0.05, 0.1) is 0 Å². The maximum atomic E-state index is 13.1. The van der Waals surface area contributed by atoms with Gasteiger partial charge in [0.15, 0.2) is 0 Å². The number of nitrogens with zero attached hydrogens (tertiary/aromatic N) is 1. The Morgan fingerprint density at radius 1 is 1.15 bits per heavy atom. The van der Waals surface area contributed by atoms with E-state index in [9.17, 15) is 9.18 Å². The first-order valence-corrected chi connectivity index (χ1v) is 6.39. The van der Waals surface area contributed by atoms with Crippen LogP contribution in [0.1, 0.15) is 21.5 Å². The molecule has 0 atom stereocenters. The smallest absolute Gasteiger partial charge is 0.253 e. The molecule has 0 spiro atoms. The van der Waals surface area contributed by atoms with Crippen molar-refractivity contribution in [2.75, 3.05) is 7.05 Å². The molecule has 2 aromatic rings. The predicted octanol–water partition coefficient (Wildman–Crippen LogP) is 2.56. The summed E-state index contributed by atoms with van der Waals surface area (Å²) in [7, 11) is 1.69. The second-order valence-electron chi connectivity index (χ2n) is 4.64.